The summed E-state index contributed by atoms with van der Waals surface area (Å²) in [7, 11) is 2.20. The monoisotopic (exact) mass is 182 g/mol. The molecule has 0 radical (unpaired) electrons. The second-order valence-electron chi connectivity index (χ2n) is 4.46. The van der Waals surface area contributed by atoms with E-state index in [2.05, 4.69) is 17.1 Å². The van der Waals surface area contributed by atoms with E-state index in [9.17, 15) is 0 Å². The summed E-state index contributed by atoms with van der Waals surface area (Å²) in [6, 6.07) is 0.624. The van der Waals surface area contributed by atoms with E-state index >= 15 is 0 Å². The van der Waals surface area contributed by atoms with E-state index in [0.717, 1.165) is 24.5 Å². The van der Waals surface area contributed by atoms with Gasteiger partial charge >= 0.3 is 0 Å². The highest BCUT2D eigenvalue weighted by molar-refractivity contribution is 5.85. The Morgan fingerprint density at radius 3 is 3.00 bits per heavy atom. The molecule has 3 heteroatoms. The van der Waals surface area contributed by atoms with Crippen LogP contribution in [0.15, 0.2) is 5.16 Å². The molecule has 2 aliphatic rings. The van der Waals surface area contributed by atoms with Crippen molar-refractivity contribution in [3.05, 3.63) is 0 Å². The van der Waals surface area contributed by atoms with Gasteiger partial charge in [0.15, 0.2) is 0 Å². The SMILES string of the molecule is CN1CC2CCCC1CC(=NO)C2. The number of hydrogen-bond donors (Lipinski definition) is 1. The smallest absolute Gasteiger partial charge is 0.0589 e. The Morgan fingerprint density at radius 1 is 1.38 bits per heavy atom. The third-order valence-electron chi connectivity index (χ3n) is 3.46. The van der Waals surface area contributed by atoms with E-state index in [1.54, 1.807) is 0 Å². The Kier molecular flexibility index (Phi) is 2.54. The lowest BCUT2D eigenvalue weighted by atomic mass is 9.91. The number of rotatable bonds is 0. The summed E-state index contributed by atoms with van der Waals surface area (Å²) in [5.74, 6) is 0.725. The van der Waals surface area contributed by atoms with E-state index in [1.165, 1.54) is 25.8 Å². The minimum atomic E-state index is 0.624. The molecular weight excluding hydrogens is 164 g/mol. The maximum atomic E-state index is 8.83. The molecule has 1 N–H and O–H groups in total. The lowest BCUT2D eigenvalue weighted by Crippen LogP contribution is -2.31. The molecule has 0 aromatic carbocycles. The van der Waals surface area contributed by atoms with Crippen molar-refractivity contribution in [2.45, 2.75) is 38.1 Å². The van der Waals surface area contributed by atoms with Gasteiger partial charge in [-0.2, -0.15) is 0 Å². The number of nitrogens with zero attached hydrogens (tertiary/aromatic N) is 2. The van der Waals surface area contributed by atoms with Crippen molar-refractivity contribution < 1.29 is 5.21 Å². The molecule has 2 unspecified atom stereocenters. The Hall–Kier alpha value is -0.570. The molecular formula is C10H18N2O. The topological polar surface area (TPSA) is 35.8 Å². The lowest BCUT2D eigenvalue weighted by molar-refractivity contribution is 0.239. The van der Waals surface area contributed by atoms with Crippen LogP contribution in [-0.2, 0) is 0 Å². The maximum absolute atomic E-state index is 8.83. The average Bonchev–Trinajstić information content (AvgIpc) is 2.32. The van der Waals surface area contributed by atoms with Gasteiger partial charge in [-0.05, 0) is 32.2 Å². The van der Waals surface area contributed by atoms with Gasteiger partial charge in [-0.3, -0.25) is 0 Å². The van der Waals surface area contributed by atoms with Crippen molar-refractivity contribution in [3.8, 4) is 0 Å². The fourth-order valence-corrected chi connectivity index (χ4v) is 2.70. The second kappa shape index (κ2) is 3.66. The summed E-state index contributed by atoms with van der Waals surface area (Å²) in [5.41, 5.74) is 1.01. The van der Waals surface area contributed by atoms with E-state index < -0.39 is 0 Å². The summed E-state index contributed by atoms with van der Waals surface area (Å²) >= 11 is 0. The van der Waals surface area contributed by atoms with Crippen molar-refractivity contribution >= 4 is 5.71 Å². The van der Waals surface area contributed by atoms with Gasteiger partial charge in [0, 0.05) is 19.0 Å². The first kappa shape index (κ1) is 9.00. The fraction of sp³-hybridized carbons (Fsp3) is 0.900. The summed E-state index contributed by atoms with van der Waals surface area (Å²) < 4.78 is 0. The molecule has 2 atom stereocenters. The van der Waals surface area contributed by atoms with Crippen LogP contribution in [0.1, 0.15) is 32.1 Å². The first-order valence-corrected chi connectivity index (χ1v) is 5.19. The zero-order chi connectivity index (χ0) is 9.26. The van der Waals surface area contributed by atoms with Crippen LogP contribution in [0.4, 0.5) is 0 Å². The van der Waals surface area contributed by atoms with Crippen LogP contribution < -0.4 is 0 Å². The van der Waals surface area contributed by atoms with Crippen LogP contribution in [0, 0.1) is 5.92 Å². The van der Waals surface area contributed by atoms with Crippen molar-refractivity contribution in [1.29, 1.82) is 0 Å². The van der Waals surface area contributed by atoms with Gasteiger partial charge in [0.25, 0.3) is 0 Å². The zero-order valence-electron chi connectivity index (χ0n) is 8.24. The van der Waals surface area contributed by atoms with Crippen LogP contribution in [0.25, 0.3) is 0 Å². The minimum Gasteiger partial charge on any atom is -0.411 e. The zero-order valence-corrected chi connectivity index (χ0v) is 8.24. The molecule has 0 aromatic heterocycles. The molecule has 74 valence electrons. The van der Waals surface area contributed by atoms with E-state index in [0.29, 0.717) is 6.04 Å². The van der Waals surface area contributed by atoms with Crippen LogP contribution in [0.5, 0.6) is 0 Å². The molecule has 0 amide bonds. The van der Waals surface area contributed by atoms with E-state index in [4.69, 9.17) is 5.21 Å². The van der Waals surface area contributed by atoms with Gasteiger partial charge in [-0.15, -0.1) is 0 Å². The second-order valence-corrected chi connectivity index (χ2v) is 4.46. The minimum absolute atomic E-state index is 0.624. The van der Waals surface area contributed by atoms with Crippen molar-refractivity contribution in [3.63, 3.8) is 0 Å². The number of hydrogen-bond acceptors (Lipinski definition) is 3. The van der Waals surface area contributed by atoms with Crippen LogP contribution >= 0.6 is 0 Å². The molecule has 2 saturated heterocycles. The highest BCUT2D eigenvalue weighted by atomic mass is 16.4. The summed E-state index contributed by atoms with van der Waals surface area (Å²) in [4.78, 5) is 2.44. The van der Waals surface area contributed by atoms with Gasteiger partial charge in [-0.25, -0.2) is 0 Å². The molecule has 2 heterocycles. The highest BCUT2D eigenvalue weighted by Gasteiger charge is 2.29. The molecule has 0 aromatic rings. The van der Waals surface area contributed by atoms with Crippen molar-refractivity contribution in [2.75, 3.05) is 13.6 Å². The Labute approximate surface area is 79.4 Å². The average molecular weight is 182 g/mol. The molecule has 13 heavy (non-hydrogen) atoms. The third-order valence-corrected chi connectivity index (χ3v) is 3.46. The molecule has 2 fully saturated rings. The summed E-state index contributed by atoms with van der Waals surface area (Å²) in [6.07, 6.45) is 5.91. The molecule has 0 aliphatic carbocycles. The van der Waals surface area contributed by atoms with Gasteiger partial charge in [0.1, 0.15) is 0 Å². The summed E-state index contributed by atoms with van der Waals surface area (Å²) in [6.45, 7) is 1.18. The summed E-state index contributed by atoms with van der Waals surface area (Å²) in [5, 5.41) is 12.2. The Morgan fingerprint density at radius 2 is 2.23 bits per heavy atom. The van der Waals surface area contributed by atoms with E-state index in [-0.39, 0.29) is 0 Å². The quantitative estimate of drug-likeness (QED) is 0.457. The largest absolute Gasteiger partial charge is 0.411 e. The standard InChI is InChI=1S/C10H18N2O/c1-12-7-8-3-2-4-10(12)6-9(5-8)11-13/h8,10,13H,2-7H2,1H3. The first-order valence-electron chi connectivity index (χ1n) is 5.19. The molecule has 3 nitrogen and oxygen atoms in total. The van der Waals surface area contributed by atoms with Crippen LogP contribution in [0.3, 0.4) is 0 Å². The van der Waals surface area contributed by atoms with E-state index in [1.807, 2.05) is 0 Å². The maximum Gasteiger partial charge on any atom is 0.0589 e. The van der Waals surface area contributed by atoms with Crippen LogP contribution in [0.2, 0.25) is 0 Å². The molecule has 0 saturated carbocycles. The van der Waals surface area contributed by atoms with Crippen molar-refractivity contribution in [2.24, 2.45) is 11.1 Å². The van der Waals surface area contributed by atoms with Gasteiger partial charge in [0.2, 0.25) is 0 Å². The Bertz CT molecular complexity index is 215. The van der Waals surface area contributed by atoms with Crippen LogP contribution in [-0.4, -0.2) is 35.5 Å². The molecule has 2 bridgehead atoms. The number of oxime groups is 1. The lowest BCUT2D eigenvalue weighted by Gasteiger charge is -2.23. The molecule has 2 aliphatic heterocycles. The first-order chi connectivity index (χ1) is 6.29. The Balaban J connectivity index is 2.17. The van der Waals surface area contributed by atoms with Crippen molar-refractivity contribution in [1.82, 2.24) is 4.90 Å². The van der Waals surface area contributed by atoms with Gasteiger partial charge in [0.05, 0.1) is 5.71 Å². The molecule has 0 spiro atoms. The van der Waals surface area contributed by atoms with Gasteiger partial charge in [-0.1, -0.05) is 11.6 Å². The predicted molar refractivity (Wildman–Crippen MR) is 52.2 cm³/mol. The third kappa shape index (κ3) is 1.85. The molecule has 2 rings (SSSR count). The normalized spacial score (nSPS) is 39.0. The fourth-order valence-electron chi connectivity index (χ4n) is 2.70. The highest BCUT2D eigenvalue weighted by Crippen LogP contribution is 2.29. The number of fused-ring (bicyclic) bond motifs is 3. The predicted octanol–water partition coefficient (Wildman–Crippen LogP) is 1.71. The van der Waals surface area contributed by atoms with Gasteiger partial charge < -0.3 is 10.1 Å².